The molecule has 1 aliphatic rings. The number of nitrogens with zero attached hydrogens (tertiary/aromatic N) is 2. The van der Waals surface area contributed by atoms with E-state index in [1.807, 2.05) is 32.3 Å². The molecular formula is C13H18IN3O. The first-order chi connectivity index (χ1) is 8.50. The molecule has 1 fully saturated rings. The number of nitrogen functional groups attached to an aromatic ring is 1. The van der Waals surface area contributed by atoms with E-state index in [-0.39, 0.29) is 11.9 Å². The van der Waals surface area contributed by atoms with E-state index in [0.29, 0.717) is 0 Å². The van der Waals surface area contributed by atoms with E-state index in [1.54, 1.807) is 4.90 Å². The molecule has 1 aliphatic heterocycles. The van der Waals surface area contributed by atoms with E-state index in [0.717, 1.165) is 34.3 Å². The SMILES string of the molecule is CN(C)C(=O)C1CCCN1c1ccc(N)cc1I. The Kier molecular flexibility index (Phi) is 3.99. The summed E-state index contributed by atoms with van der Waals surface area (Å²) in [4.78, 5) is 16.0. The molecule has 0 radical (unpaired) electrons. The molecule has 1 heterocycles. The van der Waals surface area contributed by atoms with Gasteiger partial charge in [0.25, 0.3) is 0 Å². The smallest absolute Gasteiger partial charge is 0.244 e. The summed E-state index contributed by atoms with van der Waals surface area (Å²) in [6.07, 6.45) is 1.99. The lowest BCUT2D eigenvalue weighted by atomic mass is 10.2. The van der Waals surface area contributed by atoms with Crippen LogP contribution in [0.15, 0.2) is 18.2 Å². The monoisotopic (exact) mass is 359 g/mol. The average Bonchev–Trinajstić information content (AvgIpc) is 2.76. The topological polar surface area (TPSA) is 49.6 Å². The van der Waals surface area contributed by atoms with Crippen LogP contribution in [0, 0.1) is 3.57 Å². The Bertz CT molecular complexity index is 462. The van der Waals surface area contributed by atoms with Gasteiger partial charge in [-0.3, -0.25) is 4.79 Å². The highest BCUT2D eigenvalue weighted by molar-refractivity contribution is 14.1. The van der Waals surface area contributed by atoms with Gasteiger partial charge in [-0.05, 0) is 53.6 Å². The van der Waals surface area contributed by atoms with Gasteiger partial charge < -0.3 is 15.5 Å². The van der Waals surface area contributed by atoms with Crippen molar-refractivity contribution in [3.05, 3.63) is 21.8 Å². The van der Waals surface area contributed by atoms with Gasteiger partial charge in [-0.15, -0.1) is 0 Å². The Morgan fingerprint density at radius 1 is 1.50 bits per heavy atom. The largest absolute Gasteiger partial charge is 0.399 e. The predicted octanol–water partition coefficient (Wildman–Crippen LogP) is 1.93. The van der Waals surface area contributed by atoms with E-state index >= 15 is 0 Å². The van der Waals surface area contributed by atoms with Crippen LogP contribution in [-0.4, -0.2) is 37.5 Å². The molecular weight excluding hydrogens is 341 g/mol. The number of halogens is 1. The zero-order chi connectivity index (χ0) is 13.3. The second kappa shape index (κ2) is 5.34. The van der Waals surface area contributed by atoms with E-state index in [2.05, 4.69) is 27.5 Å². The molecule has 1 unspecified atom stereocenters. The maximum absolute atomic E-state index is 12.2. The van der Waals surface area contributed by atoms with Crippen LogP contribution in [0.2, 0.25) is 0 Å². The van der Waals surface area contributed by atoms with Gasteiger partial charge in [0.15, 0.2) is 0 Å². The third kappa shape index (κ3) is 2.55. The van der Waals surface area contributed by atoms with Crippen LogP contribution >= 0.6 is 22.6 Å². The van der Waals surface area contributed by atoms with Crippen molar-refractivity contribution >= 4 is 39.9 Å². The summed E-state index contributed by atoms with van der Waals surface area (Å²) in [5, 5.41) is 0. The number of carbonyl (C=O) groups is 1. The average molecular weight is 359 g/mol. The summed E-state index contributed by atoms with van der Waals surface area (Å²) in [7, 11) is 3.62. The van der Waals surface area contributed by atoms with Crippen LogP contribution in [0.1, 0.15) is 12.8 Å². The molecule has 1 atom stereocenters. The highest BCUT2D eigenvalue weighted by Gasteiger charge is 2.32. The molecule has 5 heteroatoms. The molecule has 1 aromatic rings. The van der Waals surface area contributed by atoms with Crippen LogP contribution in [0.4, 0.5) is 11.4 Å². The van der Waals surface area contributed by atoms with E-state index in [1.165, 1.54) is 0 Å². The van der Waals surface area contributed by atoms with Gasteiger partial charge in [-0.25, -0.2) is 0 Å². The van der Waals surface area contributed by atoms with Gasteiger partial charge in [-0.1, -0.05) is 0 Å². The quantitative estimate of drug-likeness (QED) is 0.649. The molecule has 1 amide bonds. The minimum atomic E-state index is -0.0304. The van der Waals surface area contributed by atoms with E-state index in [4.69, 9.17) is 5.73 Å². The molecule has 4 nitrogen and oxygen atoms in total. The Morgan fingerprint density at radius 3 is 2.83 bits per heavy atom. The number of likely N-dealkylation sites (N-methyl/N-ethyl adjacent to an activating group) is 1. The van der Waals surface area contributed by atoms with Crippen molar-refractivity contribution in [3.63, 3.8) is 0 Å². The highest BCUT2D eigenvalue weighted by atomic mass is 127. The molecule has 0 bridgehead atoms. The van der Waals surface area contributed by atoms with Crippen molar-refractivity contribution < 1.29 is 4.79 Å². The van der Waals surface area contributed by atoms with Crippen molar-refractivity contribution in [1.29, 1.82) is 0 Å². The zero-order valence-corrected chi connectivity index (χ0v) is 12.8. The molecule has 0 aliphatic carbocycles. The van der Waals surface area contributed by atoms with Gasteiger partial charge in [0, 0.05) is 29.9 Å². The van der Waals surface area contributed by atoms with Crippen molar-refractivity contribution in [3.8, 4) is 0 Å². The van der Waals surface area contributed by atoms with Crippen LogP contribution in [0.5, 0.6) is 0 Å². The number of carbonyl (C=O) groups excluding carboxylic acids is 1. The molecule has 2 N–H and O–H groups in total. The fourth-order valence-corrected chi connectivity index (χ4v) is 3.22. The second-order valence-corrected chi connectivity index (χ2v) is 5.96. The number of nitrogens with two attached hydrogens (primary N) is 1. The summed E-state index contributed by atoms with van der Waals surface area (Å²) in [6.45, 7) is 0.935. The highest BCUT2D eigenvalue weighted by Crippen LogP contribution is 2.31. The second-order valence-electron chi connectivity index (χ2n) is 4.79. The number of rotatable bonds is 2. The molecule has 2 rings (SSSR count). The third-order valence-electron chi connectivity index (χ3n) is 3.26. The molecule has 98 valence electrons. The lowest BCUT2D eigenvalue weighted by Crippen LogP contribution is -2.43. The van der Waals surface area contributed by atoms with Gasteiger partial charge in [0.1, 0.15) is 6.04 Å². The van der Waals surface area contributed by atoms with E-state index in [9.17, 15) is 4.79 Å². The summed E-state index contributed by atoms with van der Waals surface area (Å²) in [5.74, 6) is 0.181. The Morgan fingerprint density at radius 2 is 2.22 bits per heavy atom. The minimum Gasteiger partial charge on any atom is -0.399 e. The lowest BCUT2D eigenvalue weighted by molar-refractivity contribution is -0.129. The zero-order valence-electron chi connectivity index (χ0n) is 10.7. The number of hydrogen-bond donors (Lipinski definition) is 1. The van der Waals surface area contributed by atoms with Crippen molar-refractivity contribution in [2.24, 2.45) is 0 Å². The Hall–Kier alpha value is -0.980. The van der Waals surface area contributed by atoms with Crippen molar-refractivity contribution in [2.75, 3.05) is 31.3 Å². The number of hydrogen-bond acceptors (Lipinski definition) is 3. The molecule has 1 saturated heterocycles. The first kappa shape index (κ1) is 13.5. The van der Waals surface area contributed by atoms with E-state index < -0.39 is 0 Å². The van der Waals surface area contributed by atoms with Gasteiger partial charge in [0.2, 0.25) is 5.91 Å². The number of anilines is 2. The Labute approximate surface area is 121 Å². The molecule has 0 saturated carbocycles. The normalized spacial score (nSPS) is 19.1. The summed E-state index contributed by atoms with van der Waals surface area (Å²) >= 11 is 2.28. The van der Waals surface area contributed by atoms with Crippen LogP contribution in [-0.2, 0) is 4.79 Å². The fourth-order valence-electron chi connectivity index (χ4n) is 2.37. The van der Waals surface area contributed by atoms with Crippen LogP contribution in [0.25, 0.3) is 0 Å². The van der Waals surface area contributed by atoms with Crippen molar-refractivity contribution in [1.82, 2.24) is 4.90 Å². The molecule has 1 aromatic carbocycles. The Balaban J connectivity index is 2.29. The number of amides is 1. The van der Waals surface area contributed by atoms with Gasteiger partial charge >= 0.3 is 0 Å². The number of benzene rings is 1. The maximum Gasteiger partial charge on any atom is 0.244 e. The third-order valence-corrected chi connectivity index (χ3v) is 4.12. The summed E-state index contributed by atoms with van der Waals surface area (Å²) in [5.41, 5.74) is 7.65. The molecule has 0 spiro atoms. The van der Waals surface area contributed by atoms with Gasteiger partial charge in [0.05, 0.1) is 5.69 Å². The molecule has 0 aromatic heterocycles. The molecule has 18 heavy (non-hydrogen) atoms. The minimum absolute atomic E-state index is 0.0304. The van der Waals surface area contributed by atoms with Crippen LogP contribution in [0.3, 0.4) is 0 Å². The van der Waals surface area contributed by atoms with Gasteiger partial charge in [-0.2, -0.15) is 0 Å². The first-order valence-electron chi connectivity index (χ1n) is 6.03. The first-order valence-corrected chi connectivity index (χ1v) is 7.11. The standard InChI is InChI=1S/C13H18IN3O/c1-16(2)13(18)12-4-3-7-17(12)11-6-5-9(15)8-10(11)14/h5-6,8,12H,3-4,7,15H2,1-2H3. The lowest BCUT2D eigenvalue weighted by Gasteiger charge is -2.29. The summed E-state index contributed by atoms with van der Waals surface area (Å²) in [6, 6.07) is 5.83. The predicted molar refractivity (Wildman–Crippen MR) is 82.6 cm³/mol. The van der Waals surface area contributed by atoms with Crippen LogP contribution < -0.4 is 10.6 Å². The summed E-state index contributed by atoms with van der Waals surface area (Å²) < 4.78 is 1.10. The van der Waals surface area contributed by atoms with Crippen molar-refractivity contribution in [2.45, 2.75) is 18.9 Å². The fraction of sp³-hybridized carbons (Fsp3) is 0.462. The maximum atomic E-state index is 12.2.